The van der Waals surface area contributed by atoms with E-state index in [1.807, 2.05) is 0 Å². The summed E-state index contributed by atoms with van der Waals surface area (Å²) < 4.78 is 0. The molecular weight excluding hydrogens is 220 g/mol. The average molecular weight is 246 g/mol. The van der Waals surface area contributed by atoms with E-state index in [0.29, 0.717) is 0 Å². The zero-order valence-corrected chi connectivity index (χ0v) is 12.4. The molecule has 1 aliphatic rings. The van der Waals surface area contributed by atoms with Crippen molar-refractivity contribution in [2.45, 2.75) is 38.6 Å². The van der Waals surface area contributed by atoms with Crippen LogP contribution in [0.25, 0.3) is 0 Å². The molecule has 2 rings (SSSR count). The first kappa shape index (κ1) is 13.6. The number of benzene rings is 1. The Kier molecular flexibility index (Phi) is 3.52. The normalized spacial score (nSPS) is 26.3. The van der Waals surface area contributed by atoms with Crippen LogP contribution in [-0.2, 0) is 11.0 Å². The predicted molar refractivity (Wildman–Crippen MR) is 78.0 cm³/mol. The number of hydrogen-bond donors (Lipinski definition) is 1. The highest BCUT2D eigenvalue weighted by atomic mass is 15.2. The molecule has 0 spiro atoms. The molecule has 0 radical (unpaired) electrons. The van der Waals surface area contributed by atoms with E-state index >= 15 is 0 Å². The zero-order chi connectivity index (χ0) is 13.4. The molecule has 0 bridgehead atoms. The first-order valence-electron chi connectivity index (χ1n) is 6.87. The molecule has 18 heavy (non-hydrogen) atoms. The fourth-order valence-corrected chi connectivity index (χ4v) is 2.61. The fraction of sp³-hybridized carbons (Fsp3) is 0.625. The third-order valence-electron chi connectivity index (χ3n) is 4.31. The van der Waals surface area contributed by atoms with Crippen LogP contribution >= 0.6 is 0 Å². The van der Waals surface area contributed by atoms with E-state index in [0.717, 1.165) is 19.6 Å². The highest BCUT2D eigenvalue weighted by Crippen LogP contribution is 2.30. The number of piperazine rings is 1. The second kappa shape index (κ2) is 4.67. The van der Waals surface area contributed by atoms with Crippen molar-refractivity contribution < 1.29 is 0 Å². The molecule has 2 nitrogen and oxygen atoms in total. The molecule has 1 unspecified atom stereocenters. The number of nitrogens with zero attached hydrogens (tertiary/aromatic N) is 1. The van der Waals surface area contributed by atoms with Gasteiger partial charge in [0.05, 0.1) is 5.54 Å². The van der Waals surface area contributed by atoms with Gasteiger partial charge in [0, 0.05) is 19.6 Å². The molecule has 100 valence electrons. The lowest BCUT2D eigenvalue weighted by atomic mass is 9.83. The SMILES string of the molecule is CN1CCNCC1(C)c1ccc(C(C)(C)C)cc1. The second-order valence-corrected chi connectivity index (χ2v) is 6.70. The zero-order valence-electron chi connectivity index (χ0n) is 12.4. The van der Waals surface area contributed by atoms with Crippen LogP contribution in [0.4, 0.5) is 0 Å². The van der Waals surface area contributed by atoms with Crippen molar-refractivity contribution >= 4 is 0 Å². The van der Waals surface area contributed by atoms with Gasteiger partial charge in [-0.05, 0) is 30.5 Å². The molecule has 0 saturated carbocycles. The number of hydrogen-bond acceptors (Lipinski definition) is 2. The van der Waals surface area contributed by atoms with Crippen LogP contribution < -0.4 is 5.32 Å². The standard InChI is InChI=1S/C16H26N2/c1-15(2,3)13-6-8-14(9-7-13)16(4)12-17-10-11-18(16)5/h6-9,17H,10-12H2,1-5H3. The average Bonchev–Trinajstić information content (AvgIpc) is 2.32. The van der Waals surface area contributed by atoms with E-state index in [1.165, 1.54) is 11.1 Å². The maximum atomic E-state index is 3.51. The Morgan fingerprint density at radius 2 is 1.78 bits per heavy atom. The highest BCUT2D eigenvalue weighted by molar-refractivity contribution is 5.32. The maximum absolute atomic E-state index is 3.51. The Labute approximate surface area is 111 Å². The largest absolute Gasteiger partial charge is 0.313 e. The van der Waals surface area contributed by atoms with Gasteiger partial charge in [-0.1, -0.05) is 45.0 Å². The van der Waals surface area contributed by atoms with Crippen molar-refractivity contribution in [3.05, 3.63) is 35.4 Å². The summed E-state index contributed by atoms with van der Waals surface area (Å²) in [7, 11) is 2.22. The molecule has 1 atom stereocenters. The number of rotatable bonds is 1. The van der Waals surface area contributed by atoms with Crippen molar-refractivity contribution in [3.8, 4) is 0 Å². The lowest BCUT2D eigenvalue weighted by Crippen LogP contribution is -2.55. The minimum atomic E-state index is 0.120. The summed E-state index contributed by atoms with van der Waals surface area (Å²) in [6, 6.07) is 9.15. The summed E-state index contributed by atoms with van der Waals surface area (Å²) >= 11 is 0. The Morgan fingerprint density at radius 1 is 1.17 bits per heavy atom. The summed E-state index contributed by atoms with van der Waals surface area (Å²) in [4.78, 5) is 2.45. The van der Waals surface area contributed by atoms with Gasteiger partial charge in [-0.2, -0.15) is 0 Å². The predicted octanol–water partition coefficient (Wildman–Crippen LogP) is 2.73. The molecule has 0 aliphatic carbocycles. The molecule has 2 heteroatoms. The first-order valence-corrected chi connectivity index (χ1v) is 6.87. The quantitative estimate of drug-likeness (QED) is 0.819. The van der Waals surface area contributed by atoms with Crippen molar-refractivity contribution in [2.75, 3.05) is 26.7 Å². The van der Waals surface area contributed by atoms with Crippen LogP contribution in [0.2, 0.25) is 0 Å². The molecule has 1 saturated heterocycles. The lowest BCUT2D eigenvalue weighted by molar-refractivity contribution is 0.104. The summed E-state index contributed by atoms with van der Waals surface area (Å²) in [6.07, 6.45) is 0. The van der Waals surface area contributed by atoms with Crippen molar-refractivity contribution in [3.63, 3.8) is 0 Å². The van der Waals surface area contributed by atoms with E-state index < -0.39 is 0 Å². The van der Waals surface area contributed by atoms with E-state index in [-0.39, 0.29) is 11.0 Å². The summed E-state index contributed by atoms with van der Waals surface area (Å²) in [5.74, 6) is 0. The Balaban J connectivity index is 2.28. The van der Waals surface area contributed by atoms with Gasteiger partial charge < -0.3 is 5.32 Å². The van der Waals surface area contributed by atoms with Gasteiger partial charge in [-0.3, -0.25) is 4.90 Å². The van der Waals surface area contributed by atoms with Gasteiger partial charge in [-0.15, -0.1) is 0 Å². The topological polar surface area (TPSA) is 15.3 Å². The van der Waals surface area contributed by atoms with Crippen LogP contribution in [0.1, 0.15) is 38.8 Å². The molecule has 1 aliphatic heterocycles. The minimum absolute atomic E-state index is 0.120. The number of likely N-dealkylation sites (N-methyl/N-ethyl adjacent to an activating group) is 1. The van der Waals surface area contributed by atoms with Crippen LogP contribution in [-0.4, -0.2) is 31.6 Å². The molecule has 1 N–H and O–H groups in total. The number of nitrogens with one attached hydrogen (secondary N) is 1. The second-order valence-electron chi connectivity index (χ2n) is 6.70. The van der Waals surface area contributed by atoms with Gasteiger partial charge >= 0.3 is 0 Å². The van der Waals surface area contributed by atoms with E-state index in [2.05, 4.69) is 69.2 Å². The molecule has 1 heterocycles. The molecule has 1 fully saturated rings. The van der Waals surface area contributed by atoms with E-state index in [4.69, 9.17) is 0 Å². The van der Waals surface area contributed by atoms with E-state index in [1.54, 1.807) is 0 Å². The van der Waals surface area contributed by atoms with Crippen LogP contribution in [0, 0.1) is 0 Å². The summed E-state index contributed by atoms with van der Waals surface area (Å²) in [6.45, 7) is 12.3. The Morgan fingerprint density at radius 3 is 2.28 bits per heavy atom. The summed E-state index contributed by atoms with van der Waals surface area (Å²) in [5.41, 5.74) is 3.16. The van der Waals surface area contributed by atoms with Gasteiger partial charge in [-0.25, -0.2) is 0 Å². The van der Waals surface area contributed by atoms with Crippen LogP contribution in [0.3, 0.4) is 0 Å². The van der Waals surface area contributed by atoms with Crippen LogP contribution in [0.5, 0.6) is 0 Å². The molecule has 1 aromatic rings. The maximum Gasteiger partial charge on any atom is 0.0555 e. The Hall–Kier alpha value is -0.860. The highest BCUT2D eigenvalue weighted by Gasteiger charge is 2.33. The first-order chi connectivity index (χ1) is 8.34. The summed E-state index contributed by atoms with van der Waals surface area (Å²) in [5, 5.41) is 3.51. The van der Waals surface area contributed by atoms with Crippen molar-refractivity contribution in [1.82, 2.24) is 10.2 Å². The van der Waals surface area contributed by atoms with E-state index in [9.17, 15) is 0 Å². The smallest absolute Gasteiger partial charge is 0.0555 e. The Bertz CT molecular complexity index is 402. The van der Waals surface area contributed by atoms with Gasteiger partial charge in [0.1, 0.15) is 0 Å². The fourth-order valence-electron chi connectivity index (χ4n) is 2.61. The van der Waals surface area contributed by atoms with Gasteiger partial charge in [0.25, 0.3) is 0 Å². The monoisotopic (exact) mass is 246 g/mol. The van der Waals surface area contributed by atoms with Crippen molar-refractivity contribution in [2.24, 2.45) is 0 Å². The molecular formula is C16H26N2. The third-order valence-corrected chi connectivity index (χ3v) is 4.31. The lowest BCUT2D eigenvalue weighted by Gasteiger charge is -2.43. The van der Waals surface area contributed by atoms with Crippen LogP contribution in [0.15, 0.2) is 24.3 Å². The molecule has 1 aromatic carbocycles. The molecule has 0 aromatic heterocycles. The van der Waals surface area contributed by atoms with Crippen molar-refractivity contribution in [1.29, 1.82) is 0 Å². The minimum Gasteiger partial charge on any atom is -0.313 e. The van der Waals surface area contributed by atoms with Gasteiger partial charge in [0.15, 0.2) is 0 Å². The third kappa shape index (κ3) is 2.45. The van der Waals surface area contributed by atoms with Gasteiger partial charge in [0.2, 0.25) is 0 Å². The molecule has 0 amide bonds.